The molecule has 4 rings (SSSR count). The van der Waals surface area contributed by atoms with Crippen molar-refractivity contribution in [2.75, 3.05) is 0 Å². The first kappa shape index (κ1) is 20.0. The van der Waals surface area contributed by atoms with Crippen LogP contribution in [0.5, 0.6) is 0 Å². The average Bonchev–Trinajstić information content (AvgIpc) is 3.04. The molecule has 2 aromatic rings. The van der Waals surface area contributed by atoms with E-state index in [0.717, 1.165) is 19.0 Å². The van der Waals surface area contributed by atoms with E-state index in [2.05, 4.69) is 83.1 Å². The van der Waals surface area contributed by atoms with Gasteiger partial charge in [0.2, 0.25) is 0 Å². The zero-order chi connectivity index (χ0) is 19.7. The Labute approximate surface area is 188 Å². The molecule has 0 bridgehead atoms. The van der Waals surface area contributed by atoms with E-state index < -0.39 is 8.07 Å². The molecule has 2 aromatic carbocycles. The fraction of sp³-hybridized carbons (Fsp3) is 0.273. The molecule has 0 radical (unpaired) electrons. The van der Waals surface area contributed by atoms with E-state index in [4.69, 9.17) is 23.2 Å². The summed E-state index contributed by atoms with van der Waals surface area (Å²) in [5.41, 5.74) is 9.04. The SMILES string of the molecule is CC1=Cc2c(Br)cc(Cl)cc2C1[Si](C)(C)C1C(C)=Cc2c(Br)cc(Cl)cc21. The number of hydrogen-bond donors (Lipinski definition) is 0. The Kier molecular flexibility index (Phi) is 5.09. The minimum absolute atomic E-state index is 0.430. The van der Waals surface area contributed by atoms with Crippen molar-refractivity contribution in [2.24, 2.45) is 0 Å². The molecule has 2 unspecified atom stereocenters. The average molecular weight is 543 g/mol. The van der Waals surface area contributed by atoms with Crippen LogP contribution in [-0.4, -0.2) is 8.07 Å². The van der Waals surface area contributed by atoms with Gasteiger partial charge in [-0.2, -0.15) is 0 Å². The van der Waals surface area contributed by atoms with Crippen molar-refractivity contribution in [1.29, 1.82) is 0 Å². The van der Waals surface area contributed by atoms with E-state index >= 15 is 0 Å². The second-order valence-electron chi connectivity index (χ2n) is 8.25. The number of hydrogen-bond acceptors (Lipinski definition) is 0. The molecule has 0 N–H and O–H groups in total. The molecule has 140 valence electrons. The van der Waals surface area contributed by atoms with Crippen LogP contribution in [0.3, 0.4) is 0 Å². The predicted octanol–water partition coefficient (Wildman–Crippen LogP) is 9.01. The van der Waals surface area contributed by atoms with Crippen LogP contribution in [0.25, 0.3) is 12.2 Å². The first-order valence-corrected chi connectivity index (χ1v) is 14.4. The molecule has 0 fully saturated rings. The van der Waals surface area contributed by atoms with Crippen LogP contribution in [-0.2, 0) is 0 Å². The van der Waals surface area contributed by atoms with Gasteiger partial charge < -0.3 is 0 Å². The summed E-state index contributed by atoms with van der Waals surface area (Å²) in [7, 11) is -1.85. The zero-order valence-corrected chi connectivity index (χ0v) is 21.3. The minimum Gasteiger partial charge on any atom is -0.0843 e. The standard InChI is InChI=1S/C22H20Br2Cl2Si/c1-11-5-15-17(7-13(25)9-19(15)23)21(11)27(3,4)22-12(2)6-16-18(22)8-14(26)10-20(16)24/h5-10,21-22H,1-4H3. The fourth-order valence-corrected chi connectivity index (χ4v) is 12.1. The summed E-state index contributed by atoms with van der Waals surface area (Å²) in [6.07, 6.45) is 4.66. The van der Waals surface area contributed by atoms with Gasteiger partial charge >= 0.3 is 0 Å². The summed E-state index contributed by atoms with van der Waals surface area (Å²) in [6.45, 7) is 9.54. The Morgan fingerprint density at radius 1 is 0.741 bits per heavy atom. The summed E-state index contributed by atoms with van der Waals surface area (Å²) in [5, 5.41) is 1.59. The predicted molar refractivity (Wildman–Crippen MR) is 129 cm³/mol. The van der Waals surface area contributed by atoms with Crippen molar-refractivity contribution in [3.8, 4) is 0 Å². The first-order chi connectivity index (χ1) is 12.6. The summed E-state index contributed by atoms with van der Waals surface area (Å²) in [6, 6.07) is 8.32. The molecule has 0 nitrogen and oxygen atoms in total. The molecule has 0 amide bonds. The van der Waals surface area contributed by atoms with Crippen molar-refractivity contribution >= 4 is 75.3 Å². The van der Waals surface area contributed by atoms with Gasteiger partial charge in [-0.05, 0) is 60.4 Å². The molecule has 2 aliphatic carbocycles. The van der Waals surface area contributed by atoms with Gasteiger partial charge in [-0.1, -0.05) is 91.5 Å². The van der Waals surface area contributed by atoms with Gasteiger partial charge in [-0.15, -0.1) is 0 Å². The van der Waals surface area contributed by atoms with Gasteiger partial charge in [0.05, 0.1) is 8.07 Å². The lowest BCUT2D eigenvalue weighted by Gasteiger charge is -2.39. The van der Waals surface area contributed by atoms with Crippen LogP contribution in [0, 0.1) is 0 Å². The number of rotatable bonds is 2. The van der Waals surface area contributed by atoms with Crippen LogP contribution < -0.4 is 0 Å². The van der Waals surface area contributed by atoms with Gasteiger partial charge in [-0.3, -0.25) is 0 Å². The Morgan fingerprint density at radius 3 is 1.48 bits per heavy atom. The number of benzene rings is 2. The van der Waals surface area contributed by atoms with Gasteiger partial charge in [0.15, 0.2) is 0 Å². The minimum atomic E-state index is -1.85. The maximum absolute atomic E-state index is 6.43. The van der Waals surface area contributed by atoms with Gasteiger partial charge in [0, 0.05) is 30.1 Å². The maximum atomic E-state index is 6.43. The maximum Gasteiger partial charge on any atom is 0.0722 e. The van der Waals surface area contributed by atoms with Crippen molar-refractivity contribution in [3.05, 3.63) is 76.7 Å². The highest BCUT2D eigenvalue weighted by Crippen LogP contribution is 2.54. The third-order valence-electron chi connectivity index (χ3n) is 6.02. The number of allylic oxidation sites excluding steroid dienone is 2. The molecule has 0 saturated heterocycles. The fourth-order valence-electron chi connectivity index (χ4n) is 5.25. The third-order valence-corrected chi connectivity index (χ3v) is 12.3. The Balaban J connectivity index is 1.88. The van der Waals surface area contributed by atoms with Crippen LogP contribution in [0.15, 0.2) is 44.4 Å². The second kappa shape index (κ2) is 6.88. The quantitative estimate of drug-likeness (QED) is 0.332. The lowest BCUT2D eigenvalue weighted by atomic mass is 10.1. The Hall–Kier alpha value is -0.323. The van der Waals surface area contributed by atoms with Crippen molar-refractivity contribution < 1.29 is 0 Å². The summed E-state index contributed by atoms with van der Waals surface area (Å²) in [5.74, 6) is 0. The van der Waals surface area contributed by atoms with Gasteiger partial charge in [0.1, 0.15) is 0 Å². The van der Waals surface area contributed by atoms with Crippen LogP contribution in [0.1, 0.15) is 47.2 Å². The first-order valence-electron chi connectivity index (χ1n) is 8.95. The van der Waals surface area contributed by atoms with Gasteiger partial charge in [-0.25, -0.2) is 0 Å². The molecule has 0 saturated carbocycles. The monoisotopic (exact) mass is 540 g/mol. The van der Waals surface area contributed by atoms with Crippen LogP contribution >= 0.6 is 55.1 Å². The Bertz CT molecular complexity index is 956. The zero-order valence-electron chi connectivity index (χ0n) is 15.6. The molecule has 27 heavy (non-hydrogen) atoms. The lowest BCUT2D eigenvalue weighted by Crippen LogP contribution is -2.42. The summed E-state index contributed by atoms with van der Waals surface area (Å²) < 4.78 is 2.17. The molecular weight excluding hydrogens is 523 g/mol. The van der Waals surface area contributed by atoms with E-state index in [1.54, 1.807) is 0 Å². The molecule has 2 atom stereocenters. The van der Waals surface area contributed by atoms with Crippen molar-refractivity contribution in [3.63, 3.8) is 0 Å². The van der Waals surface area contributed by atoms with Crippen molar-refractivity contribution in [2.45, 2.75) is 38.0 Å². The molecule has 2 aliphatic rings. The summed E-state index contributed by atoms with van der Waals surface area (Å²) >= 11 is 20.3. The van der Waals surface area contributed by atoms with Gasteiger partial charge in [0.25, 0.3) is 0 Å². The topological polar surface area (TPSA) is 0 Å². The van der Waals surface area contributed by atoms with E-state index in [-0.39, 0.29) is 0 Å². The molecule has 0 aliphatic heterocycles. The molecule has 0 aromatic heterocycles. The van der Waals surface area contributed by atoms with E-state index in [1.807, 2.05) is 12.1 Å². The number of halogens is 4. The van der Waals surface area contributed by atoms with E-state index in [0.29, 0.717) is 11.1 Å². The largest absolute Gasteiger partial charge is 0.0843 e. The molecular formula is C22H20Br2Cl2Si. The highest BCUT2D eigenvalue weighted by atomic mass is 79.9. The molecule has 0 spiro atoms. The smallest absolute Gasteiger partial charge is 0.0722 e. The second-order valence-corrected chi connectivity index (χ2v) is 15.6. The lowest BCUT2D eigenvalue weighted by molar-refractivity contribution is 0.967. The van der Waals surface area contributed by atoms with Crippen molar-refractivity contribution in [1.82, 2.24) is 0 Å². The van der Waals surface area contributed by atoms with Crippen LogP contribution in [0.2, 0.25) is 23.1 Å². The Morgan fingerprint density at radius 2 is 1.11 bits per heavy atom. The highest BCUT2D eigenvalue weighted by molar-refractivity contribution is 9.10. The van der Waals surface area contributed by atoms with E-state index in [1.165, 1.54) is 33.4 Å². The molecule has 5 heteroatoms. The van der Waals surface area contributed by atoms with E-state index in [9.17, 15) is 0 Å². The highest BCUT2D eigenvalue weighted by Gasteiger charge is 2.47. The number of fused-ring (bicyclic) bond motifs is 2. The normalized spacial score (nSPS) is 21.0. The van der Waals surface area contributed by atoms with Crippen LogP contribution in [0.4, 0.5) is 0 Å². The third kappa shape index (κ3) is 3.14. The summed E-state index contributed by atoms with van der Waals surface area (Å²) in [4.78, 5) is 0. The molecule has 0 heterocycles.